The van der Waals surface area contributed by atoms with E-state index in [1.165, 1.54) is 0 Å². The Labute approximate surface area is 186 Å². The van der Waals surface area contributed by atoms with Gasteiger partial charge in [-0.1, -0.05) is 12.1 Å². The number of nitrogens with one attached hydrogen (secondary N) is 3. The zero-order valence-corrected chi connectivity index (χ0v) is 17.9. The van der Waals surface area contributed by atoms with Crippen LogP contribution in [-0.2, 0) is 7.05 Å². The molecule has 1 fully saturated rings. The normalized spacial score (nSPS) is 14.4. The largest absolute Gasteiger partial charge is 0.381 e. The Kier molecular flexibility index (Phi) is 5.51. The second-order valence-corrected chi connectivity index (χ2v) is 8.12. The first-order chi connectivity index (χ1) is 15.6. The van der Waals surface area contributed by atoms with Crippen molar-refractivity contribution in [2.24, 2.45) is 7.05 Å². The third-order valence-electron chi connectivity index (χ3n) is 5.71. The van der Waals surface area contributed by atoms with Crippen LogP contribution in [0.15, 0.2) is 61.3 Å². The number of aryl methyl sites for hydroxylation is 1. The van der Waals surface area contributed by atoms with E-state index in [9.17, 15) is 4.79 Å². The number of rotatable bonds is 5. The lowest BCUT2D eigenvalue weighted by molar-refractivity contribution is 0.102. The van der Waals surface area contributed by atoms with E-state index in [1.54, 1.807) is 23.3 Å². The Balaban J connectivity index is 1.33. The fraction of sp³-hybridized carbons (Fsp3) is 0.250. The lowest BCUT2D eigenvalue weighted by Crippen LogP contribution is -2.35. The smallest absolute Gasteiger partial charge is 0.258 e. The monoisotopic (exact) mass is 427 g/mol. The summed E-state index contributed by atoms with van der Waals surface area (Å²) in [5.74, 6) is 0.268. The standard InChI is InChI=1S/C24H25N7O/c1-31-15-20(13-28-31)16-2-3-17-12-27-23(10-18(17)8-16)30-24(32)19-9-22(14-26-11-19)29-21-4-6-25-7-5-21/h2-3,8-15,21,25,29H,4-7H2,1H3,(H,27,30,32). The van der Waals surface area contributed by atoms with Crippen molar-refractivity contribution in [2.45, 2.75) is 18.9 Å². The molecule has 0 aliphatic carbocycles. The number of carbonyl (C=O) groups excluding carboxylic acids is 1. The molecule has 0 bridgehead atoms. The minimum Gasteiger partial charge on any atom is -0.381 e. The highest BCUT2D eigenvalue weighted by molar-refractivity contribution is 6.04. The van der Waals surface area contributed by atoms with E-state index >= 15 is 0 Å². The van der Waals surface area contributed by atoms with E-state index in [2.05, 4.69) is 37.1 Å². The van der Waals surface area contributed by atoms with Crippen molar-refractivity contribution in [1.29, 1.82) is 0 Å². The van der Waals surface area contributed by atoms with Crippen molar-refractivity contribution in [1.82, 2.24) is 25.1 Å². The van der Waals surface area contributed by atoms with Gasteiger partial charge in [0.15, 0.2) is 0 Å². The van der Waals surface area contributed by atoms with Crippen LogP contribution in [0.1, 0.15) is 23.2 Å². The molecule has 32 heavy (non-hydrogen) atoms. The minimum absolute atomic E-state index is 0.235. The van der Waals surface area contributed by atoms with E-state index in [1.807, 2.05) is 43.7 Å². The fourth-order valence-electron chi connectivity index (χ4n) is 3.99. The number of benzene rings is 1. The van der Waals surface area contributed by atoms with E-state index in [0.717, 1.165) is 53.5 Å². The van der Waals surface area contributed by atoms with Crippen molar-refractivity contribution >= 4 is 28.2 Å². The average molecular weight is 428 g/mol. The first-order valence-electron chi connectivity index (χ1n) is 10.8. The molecule has 4 aromatic rings. The molecule has 3 aromatic heterocycles. The summed E-state index contributed by atoms with van der Waals surface area (Å²) in [7, 11) is 1.90. The van der Waals surface area contributed by atoms with Crippen LogP contribution in [0.4, 0.5) is 11.5 Å². The molecule has 8 nitrogen and oxygen atoms in total. The van der Waals surface area contributed by atoms with Gasteiger partial charge < -0.3 is 16.0 Å². The maximum atomic E-state index is 12.8. The number of nitrogens with zero attached hydrogens (tertiary/aromatic N) is 4. The van der Waals surface area contributed by atoms with Crippen LogP contribution in [0.5, 0.6) is 0 Å². The first-order valence-corrected chi connectivity index (χ1v) is 10.8. The summed E-state index contributed by atoms with van der Waals surface area (Å²) in [4.78, 5) is 21.5. The van der Waals surface area contributed by atoms with Crippen LogP contribution < -0.4 is 16.0 Å². The number of amides is 1. The number of hydrogen-bond acceptors (Lipinski definition) is 6. The summed E-state index contributed by atoms with van der Waals surface area (Å²) < 4.78 is 1.78. The second-order valence-electron chi connectivity index (χ2n) is 8.12. The number of aromatic nitrogens is 4. The van der Waals surface area contributed by atoms with Crippen molar-refractivity contribution in [3.05, 3.63) is 66.9 Å². The van der Waals surface area contributed by atoms with Crippen molar-refractivity contribution < 1.29 is 4.79 Å². The summed E-state index contributed by atoms with van der Waals surface area (Å²) in [6.45, 7) is 2.00. The van der Waals surface area contributed by atoms with E-state index < -0.39 is 0 Å². The molecule has 0 radical (unpaired) electrons. The van der Waals surface area contributed by atoms with Crippen LogP contribution in [-0.4, -0.2) is 44.8 Å². The highest BCUT2D eigenvalue weighted by atomic mass is 16.1. The third kappa shape index (κ3) is 4.45. The number of fused-ring (bicyclic) bond motifs is 1. The molecule has 1 saturated heterocycles. The maximum Gasteiger partial charge on any atom is 0.258 e. The third-order valence-corrected chi connectivity index (χ3v) is 5.71. The molecule has 5 rings (SSSR count). The Morgan fingerprint density at radius 1 is 1.03 bits per heavy atom. The molecule has 162 valence electrons. The van der Waals surface area contributed by atoms with Gasteiger partial charge in [0.2, 0.25) is 0 Å². The number of hydrogen-bond donors (Lipinski definition) is 3. The lowest BCUT2D eigenvalue weighted by Gasteiger charge is -2.24. The Morgan fingerprint density at radius 3 is 2.72 bits per heavy atom. The fourth-order valence-corrected chi connectivity index (χ4v) is 3.99. The Bertz CT molecular complexity index is 1260. The summed E-state index contributed by atoms with van der Waals surface area (Å²) >= 11 is 0. The van der Waals surface area contributed by atoms with Gasteiger partial charge in [0.05, 0.1) is 17.4 Å². The topological polar surface area (TPSA) is 96.8 Å². The predicted octanol–water partition coefficient (Wildman–Crippen LogP) is 3.45. The average Bonchev–Trinajstić information content (AvgIpc) is 3.26. The van der Waals surface area contributed by atoms with Gasteiger partial charge >= 0.3 is 0 Å². The quantitative estimate of drug-likeness (QED) is 0.451. The van der Waals surface area contributed by atoms with Gasteiger partial charge in [-0.25, -0.2) is 4.98 Å². The van der Waals surface area contributed by atoms with Crippen LogP contribution in [0.2, 0.25) is 0 Å². The summed E-state index contributed by atoms with van der Waals surface area (Å²) in [6.07, 6.45) is 11.0. The SMILES string of the molecule is Cn1cc(-c2ccc3cnc(NC(=O)c4cncc(NC5CCNCC5)c4)cc3c2)cn1. The van der Waals surface area contributed by atoms with E-state index in [-0.39, 0.29) is 5.91 Å². The summed E-state index contributed by atoms with van der Waals surface area (Å²) in [5, 5.41) is 16.0. The van der Waals surface area contributed by atoms with Gasteiger partial charge in [0.1, 0.15) is 5.82 Å². The van der Waals surface area contributed by atoms with Crippen molar-refractivity contribution in [3.63, 3.8) is 0 Å². The van der Waals surface area contributed by atoms with Crippen molar-refractivity contribution in [2.75, 3.05) is 23.7 Å². The molecule has 0 unspecified atom stereocenters. The second kappa shape index (κ2) is 8.76. The molecule has 1 aromatic carbocycles. The Hall–Kier alpha value is -3.78. The molecular weight excluding hydrogens is 402 g/mol. The van der Waals surface area contributed by atoms with E-state index in [4.69, 9.17) is 0 Å². The molecule has 1 amide bonds. The number of pyridine rings is 2. The molecule has 1 aliphatic rings. The highest BCUT2D eigenvalue weighted by Gasteiger charge is 2.14. The number of anilines is 2. The van der Waals surface area contributed by atoms with Gasteiger partial charge in [-0.2, -0.15) is 5.10 Å². The number of piperidine rings is 1. The molecule has 0 spiro atoms. The Morgan fingerprint density at radius 2 is 1.91 bits per heavy atom. The van der Waals surface area contributed by atoms with Gasteiger partial charge in [-0.05, 0) is 55.1 Å². The van der Waals surface area contributed by atoms with Crippen LogP contribution >= 0.6 is 0 Å². The zero-order valence-electron chi connectivity index (χ0n) is 17.9. The van der Waals surface area contributed by atoms with Crippen LogP contribution in [0.3, 0.4) is 0 Å². The van der Waals surface area contributed by atoms with Crippen molar-refractivity contribution in [3.8, 4) is 11.1 Å². The summed E-state index contributed by atoms with van der Waals surface area (Å²) in [6, 6.07) is 10.3. The summed E-state index contributed by atoms with van der Waals surface area (Å²) in [5.41, 5.74) is 3.46. The molecule has 1 aliphatic heterocycles. The van der Waals surface area contributed by atoms with Crippen LogP contribution in [0.25, 0.3) is 21.9 Å². The number of carbonyl (C=O) groups is 1. The molecule has 8 heteroatoms. The lowest BCUT2D eigenvalue weighted by atomic mass is 10.1. The van der Waals surface area contributed by atoms with E-state index in [0.29, 0.717) is 17.4 Å². The zero-order chi connectivity index (χ0) is 21.9. The molecule has 3 N–H and O–H groups in total. The van der Waals surface area contributed by atoms with Gasteiger partial charge in [0, 0.05) is 48.8 Å². The molecule has 0 atom stereocenters. The van der Waals surface area contributed by atoms with Gasteiger partial charge in [0.25, 0.3) is 5.91 Å². The maximum absolute atomic E-state index is 12.8. The first kappa shape index (κ1) is 20.1. The predicted molar refractivity (Wildman–Crippen MR) is 126 cm³/mol. The molecule has 0 saturated carbocycles. The molecule has 4 heterocycles. The minimum atomic E-state index is -0.235. The molecular formula is C24H25N7O. The van der Waals surface area contributed by atoms with Gasteiger partial charge in [-0.3, -0.25) is 14.5 Å². The highest BCUT2D eigenvalue weighted by Crippen LogP contribution is 2.25. The van der Waals surface area contributed by atoms with Crippen LogP contribution in [0, 0.1) is 0 Å². The van der Waals surface area contributed by atoms with Gasteiger partial charge in [-0.15, -0.1) is 0 Å².